The first-order chi connectivity index (χ1) is 15.5. The van der Waals surface area contributed by atoms with Gasteiger partial charge in [-0.1, -0.05) is 29.5 Å². The van der Waals surface area contributed by atoms with E-state index in [1.165, 1.54) is 4.52 Å². The molecular weight excluding hydrogens is 430 g/mol. The third-order valence-electron chi connectivity index (χ3n) is 4.77. The fourth-order valence-electron chi connectivity index (χ4n) is 3.19. The van der Waals surface area contributed by atoms with E-state index in [9.17, 15) is 9.59 Å². The van der Waals surface area contributed by atoms with Crippen molar-refractivity contribution < 1.29 is 14.2 Å². The highest BCUT2D eigenvalue weighted by Crippen LogP contribution is 2.28. The van der Waals surface area contributed by atoms with Gasteiger partial charge in [-0.3, -0.25) is 9.59 Å². The third kappa shape index (κ3) is 4.33. The van der Waals surface area contributed by atoms with Crippen molar-refractivity contribution in [2.45, 2.75) is 13.3 Å². The van der Waals surface area contributed by atoms with Crippen LogP contribution in [0.4, 0.5) is 0 Å². The Labute approximate surface area is 187 Å². The summed E-state index contributed by atoms with van der Waals surface area (Å²) in [6.45, 7) is 2.41. The monoisotopic (exact) mass is 451 g/mol. The highest BCUT2D eigenvalue weighted by molar-refractivity contribution is 7.15. The number of hydrogen-bond acceptors (Lipinski definition) is 8. The molecule has 0 bridgehead atoms. The molecule has 0 spiro atoms. The summed E-state index contributed by atoms with van der Waals surface area (Å²) in [5.41, 5.74) is 1.05. The summed E-state index contributed by atoms with van der Waals surface area (Å²) in [6, 6.07) is 12.7. The molecule has 9 heteroatoms. The van der Waals surface area contributed by atoms with Crippen molar-refractivity contribution in [1.82, 2.24) is 14.6 Å². The van der Waals surface area contributed by atoms with Crippen molar-refractivity contribution >= 4 is 22.4 Å². The van der Waals surface area contributed by atoms with Crippen molar-refractivity contribution in [2.24, 2.45) is 0 Å². The molecule has 0 radical (unpaired) electrons. The van der Waals surface area contributed by atoms with E-state index in [1.54, 1.807) is 44.6 Å². The van der Waals surface area contributed by atoms with Crippen LogP contribution in [0.5, 0.6) is 17.2 Å². The molecule has 0 saturated heterocycles. The van der Waals surface area contributed by atoms with Crippen LogP contribution in [-0.4, -0.2) is 35.4 Å². The number of benzene rings is 2. The first kappa shape index (κ1) is 21.5. The van der Waals surface area contributed by atoms with Gasteiger partial charge in [0.2, 0.25) is 4.96 Å². The molecule has 0 atom stereocenters. The smallest absolute Gasteiger partial charge is 0.296 e. The molecule has 2 heterocycles. The number of aromatic nitrogens is 3. The Morgan fingerprint density at radius 1 is 1.03 bits per heavy atom. The minimum Gasteiger partial charge on any atom is -0.497 e. The number of methoxy groups -OCH3 is 2. The molecule has 0 saturated carbocycles. The van der Waals surface area contributed by atoms with E-state index in [1.807, 2.05) is 25.1 Å². The van der Waals surface area contributed by atoms with Gasteiger partial charge in [0.15, 0.2) is 11.5 Å². The van der Waals surface area contributed by atoms with Crippen LogP contribution in [-0.2, 0) is 6.42 Å². The van der Waals surface area contributed by atoms with Gasteiger partial charge >= 0.3 is 0 Å². The Hall–Kier alpha value is -3.72. The van der Waals surface area contributed by atoms with Crippen molar-refractivity contribution in [3.05, 3.63) is 84.5 Å². The minimum absolute atomic E-state index is 0.205. The summed E-state index contributed by atoms with van der Waals surface area (Å²) in [4.78, 5) is 29.7. The lowest BCUT2D eigenvalue weighted by Crippen LogP contribution is -2.28. The summed E-state index contributed by atoms with van der Waals surface area (Å²) in [5, 5.41) is 4.29. The lowest BCUT2D eigenvalue weighted by atomic mass is 10.1. The molecule has 32 heavy (non-hydrogen) atoms. The molecule has 0 N–H and O–H groups in total. The van der Waals surface area contributed by atoms with E-state index in [-0.39, 0.29) is 22.6 Å². The van der Waals surface area contributed by atoms with Gasteiger partial charge in [-0.05, 0) is 48.4 Å². The van der Waals surface area contributed by atoms with Crippen LogP contribution in [0.3, 0.4) is 0 Å². The second-order valence-electron chi connectivity index (χ2n) is 6.84. The maximum Gasteiger partial charge on any atom is 0.296 e. The summed E-state index contributed by atoms with van der Waals surface area (Å²) in [6.07, 6.45) is 1.98. The molecular formula is C23H21N3O5S. The number of fused-ring (bicyclic) bond motifs is 1. The Bertz CT molecular complexity index is 1430. The predicted octanol–water partition coefficient (Wildman–Crippen LogP) is 2.07. The van der Waals surface area contributed by atoms with E-state index in [0.717, 1.165) is 28.2 Å². The molecule has 2 aromatic carbocycles. The van der Waals surface area contributed by atoms with Crippen molar-refractivity contribution in [2.75, 3.05) is 20.8 Å². The van der Waals surface area contributed by atoms with Crippen molar-refractivity contribution in [1.29, 1.82) is 0 Å². The summed E-state index contributed by atoms with van der Waals surface area (Å²) in [5.74, 6) is 1.92. The minimum atomic E-state index is -0.448. The Kier molecular flexibility index (Phi) is 6.18. The number of ether oxygens (including phenoxy) is 3. The van der Waals surface area contributed by atoms with Crippen LogP contribution < -0.4 is 29.9 Å². The van der Waals surface area contributed by atoms with Crippen LogP contribution in [0.2, 0.25) is 0 Å². The normalized spacial score (nSPS) is 11.7. The zero-order valence-corrected chi connectivity index (χ0v) is 18.6. The highest BCUT2D eigenvalue weighted by Gasteiger charge is 2.12. The Morgan fingerprint density at radius 2 is 1.81 bits per heavy atom. The van der Waals surface area contributed by atoms with E-state index < -0.39 is 5.56 Å². The SMILES string of the molecule is CCOc1ccc(/C=c2\sc3nc(=O)c(Cc4ccc(OC)cc4)nn3c2=O)cc1OC. The first-order valence-electron chi connectivity index (χ1n) is 9.90. The Morgan fingerprint density at radius 3 is 2.50 bits per heavy atom. The summed E-state index contributed by atoms with van der Waals surface area (Å²) < 4.78 is 17.6. The molecule has 8 nitrogen and oxygen atoms in total. The molecule has 4 rings (SSSR count). The van der Waals surface area contributed by atoms with Crippen molar-refractivity contribution in [3.63, 3.8) is 0 Å². The molecule has 0 aliphatic carbocycles. The lowest BCUT2D eigenvalue weighted by Gasteiger charge is -2.09. The van der Waals surface area contributed by atoms with Crippen LogP contribution in [0.25, 0.3) is 11.0 Å². The predicted molar refractivity (Wildman–Crippen MR) is 122 cm³/mol. The van der Waals surface area contributed by atoms with Crippen LogP contribution in [0.1, 0.15) is 23.7 Å². The van der Waals surface area contributed by atoms with E-state index in [2.05, 4.69) is 10.1 Å². The first-order valence-corrected chi connectivity index (χ1v) is 10.7. The van der Waals surface area contributed by atoms with E-state index in [4.69, 9.17) is 14.2 Å². The van der Waals surface area contributed by atoms with Gasteiger partial charge in [-0.15, -0.1) is 0 Å². The second kappa shape index (κ2) is 9.19. The van der Waals surface area contributed by atoms with Crippen LogP contribution in [0, 0.1) is 0 Å². The second-order valence-corrected chi connectivity index (χ2v) is 7.85. The molecule has 4 aromatic rings. The quantitative estimate of drug-likeness (QED) is 0.425. The summed E-state index contributed by atoms with van der Waals surface area (Å²) in [7, 11) is 3.15. The zero-order valence-electron chi connectivity index (χ0n) is 17.8. The summed E-state index contributed by atoms with van der Waals surface area (Å²) >= 11 is 1.11. The van der Waals surface area contributed by atoms with Gasteiger partial charge in [0.25, 0.3) is 11.1 Å². The van der Waals surface area contributed by atoms with Crippen molar-refractivity contribution in [3.8, 4) is 17.2 Å². The number of hydrogen-bond donors (Lipinski definition) is 0. The van der Waals surface area contributed by atoms with Gasteiger partial charge in [0.1, 0.15) is 11.4 Å². The average Bonchev–Trinajstić information content (AvgIpc) is 3.09. The van der Waals surface area contributed by atoms with E-state index in [0.29, 0.717) is 22.6 Å². The molecule has 0 unspecified atom stereocenters. The lowest BCUT2D eigenvalue weighted by molar-refractivity contribution is 0.311. The van der Waals surface area contributed by atoms with Crippen LogP contribution >= 0.6 is 11.3 Å². The number of rotatable bonds is 7. The zero-order chi connectivity index (χ0) is 22.7. The average molecular weight is 452 g/mol. The highest BCUT2D eigenvalue weighted by atomic mass is 32.1. The van der Waals surface area contributed by atoms with Gasteiger partial charge in [-0.25, -0.2) is 0 Å². The van der Waals surface area contributed by atoms with E-state index >= 15 is 0 Å². The molecule has 0 fully saturated rings. The van der Waals surface area contributed by atoms with Gasteiger partial charge in [0.05, 0.1) is 25.4 Å². The van der Waals surface area contributed by atoms with Crippen LogP contribution in [0.15, 0.2) is 52.1 Å². The topological polar surface area (TPSA) is 92.0 Å². The fourth-order valence-corrected chi connectivity index (χ4v) is 4.09. The molecule has 0 aliphatic heterocycles. The molecule has 164 valence electrons. The molecule has 0 aliphatic rings. The number of thiazole rings is 1. The van der Waals surface area contributed by atoms with Gasteiger partial charge < -0.3 is 14.2 Å². The van der Waals surface area contributed by atoms with Gasteiger partial charge in [0, 0.05) is 6.42 Å². The maximum absolute atomic E-state index is 12.9. The maximum atomic E-state index is 12.9. The Balaban J connectivity index is 1.72. The van der Waals surface area contributed by atoms with Gasteiger partial charge in [-0.2, -0.15) is 14.6 Å². The largest absolute Gasteiger partial charge is 0.497 e. The molecule has 0 amide bonds. The standard InChI is InChI=1S/C23H21N3O5S/c1-4-31-18-10-7-15(12-19(18)30-3)13-20-22(28)26-23(32-20)24-21(27)17(25-26)11-14-5-8-16(29-2)9-6-14/h5-10,12-13H,4,11H2,1-3H3/b20-13-. The molecule has 2 aromatic heterocycles. The fraction of sp³-hybridized carbons (Fsp3) is 0.217. The third-order valence-corrected chi connectivity index (χ3v) is 5.73. The number of nitrogens with zero attached hydrogens (tertiary/aromatic N) is 3.